The number of halogens is 2. The lowest BCUT2D eigenvalue weighted by Crippen LogP contribution is -2.12. The topological polar surface area (TPSA) is 51.2 Å². The molecule has 1 N–H and O–H groups in total. The van der Waals surface area contributed by atoms with Gasteiger partial charge in [0.15, 0.2) is 0 Å². The van der Waals surface area contributed by atoms with Gasteiger partial charge in [-0.05, 0) is 53.2 Å². The molecule has 104 valence electrons. The van der Waals surface area contributed by atoms with E-state index in [0.717, 1.165) is 4.47 Å². The number of anilines is 1. The lowest BCUT2D eigenvalue weighted by molar-refractivity contribution is 0.102. The molecule has 0 aliphatic carbocycles. The Morgan fingerprint density at radius 1 is 1.40 bits per heavy atom. The number of rotatable bonds is 4. The Labute approximate surface area is 130 Å². The lowest BCUT2D eigenvalue weighted by Gasteiger charge is -2.08. The van der Waals surface area contributed by atoms with E-state index in [4.69, 9.17) is 16.3 Å². The minimum absolute atomic E-state index is 0.273. The standard InChI is InChI=1S/C14H12BrClN2O2/c1-2-20-12-5-3-9(7-11(12)16)14(19)18-13-6-4-10(15)8-17-13/h3-8H,2H2,1H3,(H,17,18,19). The van der Waals surface area contributed by atoms with Crippen molar-refractivity contribution in [3.8, 4) is 5.75 Å². The van der Waals surface area contributed by atoms with Crippen molar-refractivity contribution >= 4 is 39.3 Å². The summed E-state index contributed by atoms with van der Waals surface area (Å²) in [6.07, 6.45) is 1.61. The van der Waals surface area contributed by atoms with Gasteiger partial charge in [-0.15, -0.1) is 0 Å². The molecule has 0 bridgehead atoms. The van der Waals surface area contributed by atoms with E-state index in [2.05, 4.69) is 26.2 Å². The first-order valence-electron chi connectivity index (χ1n) is 5.95. The highest BCUT2D eigenvalue weighted by atomic mass is 79.9. The second kappa shape index (κ2) is 6.72. The van der Waals surface area contributed by atoms with Gasteiger partial charge in [0.25, 0.3) is 5.91 Å². The number of benzene rings is 1. The van der Waals surface area contributed by atoms with Crippen LogP contribution < -0.4 is 10.1 Å². The van der Waals surface area contributed by atoms with E-state index in [1.165, 1.54) is 0 Å². The third-order valence-electron chi connectivity index (χ3n) is 2.46. The van der Waals surface area contributed by atoms with Crippen molar-refractivity contribution in [2.24, 2.45) is 0 Å². The number of nitrogens with one attached hydrogen (secondary N) is 1. The number of ether oxygens (including phenoxy) is 1. The molecule has 0 fully saturated rings. The number of aromatic nitrogens is 1. The van der Waals surface area contributed by atoms with Crippen molar-refractivity contribution in [3.63, 3.8) is 0 Å². The van der Waals surface area contributed by atoms with Gasteiger partial charge in [-0.2, -0.15) is 0 Å². The van der Waals surface area contributed by atoms with E-state index >= 15 is 0 Å². The van der Waals surface area contributed by atoms with Crippen LogP contribution in [0.3, 0.4) is 0 Å². The minimum atomic E-state index is -0.273. The molecule has 0 saturated heterocycles. The first kappa shape index (κ1) is 14.8. The average molecular weight is 356 g/mol. The molecule has 4 nitrogen and oxygen atoms in total. The van der Waals surface area contributed by atoms with Crippen LogP contribution >= 0.6 is 27.5 Å². The third-order valence-corrected chi connectivity index (χ3v) is 3.23. The maximum atomic E-state index is 12.1. The Morgan fingerprint density at radius 3 is 2.80 bits per heavy atom. The van der Waals surface area contributed by atoms with Gasteiger partial charge < -0.3 is 10.1 Å². The number of hydrogen-bond acceptors (Lipinski definition) is 3. The number of pyridine rings is 1. The molecule has 1 amide bonds. The van der Waals surface area contributed by atoms with E-state index < -0.39 is 0 Å². The monoisotopic (exact) mass is 354 g/mol. The smallest absolute Gasteiger partial charge is 0.256 e. The summed E-state index contributed by atoms with van der Waals surface area (Å²) in [6.45, 7) is 2.39. The van der Waals surface area contributed by atoms with E-state index in [-0.39, 0.29) is 5.91 Å². The third kappa shape index (κ3) is 3.71. The summed E-state index contributed by atoms with van der Waals surface area (Å²) in [5.74, 6) is 0.764. The molecule has 0 aliphatic heterocycles. The van der Waals surface area contributed by atoms with E-state index in [1.54, 1.807) is 36.5 Å². The van der Waals surface area contributed by atoms with Crippen molar-refractivity contribution in [1.82, 2.24) is 4.98 Å². The van der Waals surface area contributed by atoms with Crippen LogP contribution in [0, 0.1) is 0 Å². The molecule has 1 heterocycles. The average Bonchev–Trinajstić information content (AvgIpc) is 2.44. The lowest BCUT2D eigenvalue weighted by atomic mass is 10.2. The van der Waals surface area contributed by atoms with Gasteiger partial charge in [0.1, 0.15) is 11.6 Å². The summed E-state index contributed by atoms with van der Waals surface area (Å²) >= 11 is 9.33. The van der Waals surface area contributed by atoms with Gasteiger partial charge in [-0.1, -0.05) is 11.6 Å². The van der Waals surface area contributed by atoms with Crippen LogP contribution in [0.2, 0.25) is 5.02 Å². The maximum absolute atomic E-state index is 12.1. The Morgan fingerprint density at radius 2 is 2.20 bits per heavy atom. The molecule has 20 heavy (non-hydrogen) atoms. The van der Waals surface area contributed by atoms with Gasteiger partial charge in [0.2, 0.25) is 0 Å². The van der Waals surface area contributed by atoms with Crippen LogP contribution in [0.4, 0.5) is 5.82 Å². The maximum Gasteiger partial charge on any atom is 0.256 e. The molecule has 0 atom stereocenters. The molecule has 0 saturated carbocycles. The quantitative estimate of drug-likeness (QED) is 0.896. The second-order valence-electron chi connectivity index (χ2n) is 3.89. The molecule has 2 aromatic rings. The van der Waals surface area contributed by atoms with Crippen LogP contribution in [0.15, 0.2) is 41.0 Å². The van der Waals surface area contributed by atoms with Crippen molar-refractivity contribution < 1.29 is 9.53 Å². The molecule has 0 spiro atoms. The van der Waals surface area contributed by atoms with E-state index in [1.807, 2.05) is 6.92 Å². The first-order valence-corrected chi connectivity index (χ1v) is 7.12. The Kier molecular flexibility index (Phi) is 4.98. The normalized spacial score (nSPS) is 10.2. The molecule has 1 aromatic carbocycles. The predicted octanol–water partition coefficient (Wildman–Crippen LogP) is 4.15. The molecule has 0 radical (unpaired) electrons. The highest BCUT2D eigenvalue weighted by molar-refractivity contribution is 9.10. The largest absolute Gasteiger partial charge is 0.492 e. The molecule has 1 aromatic heterocycles. The van der Waals surface area contributed by atoms with Gasteiger partial charge >= 0.3 is 0 Å². The number of carbonyl (C=O) groups excluding carboxylic acids is 1. The highest BCUT2D eigenvalue weighted by Crippen LogP contribution is 2.25. The molecular weight excluding hydrogens is 344 g/mol. The summed E-state index contributed by atoms with van der Waals surface area (Å²) < 4.78 is 6.17. The number of hydrogen-bond donors (Lipinski definition) is 1. The van der Waals surface area contributed by atoms with Gasteiger partial charge in [0.05, 0.1) is 11.6 Å². The van der Waals surface area contributed by atoms with Gasteiger partial charge in [-0.25, -0.2) is 4.98 Å². The second-order valence-corrected chi connectivity index (χ2v) is 5.22. The van der Waals surface area contributed by atoms with Crippen LogP contribution in [-0.4, -0.2) is 17.5 Å². The zero-order chi connectivity index (χ0) is 14.5. The summed E-state index contributed by atoms with van der Waals surface area (Å²) in [4.78, 5) is 16.1. The molecule has 6 heteroatoms. The number of amides is 1. The van der Waals surface area contributed by atoms with Crippen LogP contribution in [-0.2, 0) is 0 Å². The van der Waals surface area contributed by atoms with Crippen molar-refractivity contribution in [2.75, 3.05) is 11.9 Å². The summed E-state index contributed by atoms with van der Waals surface area (Å²) in [6, 6.07) is 8.41. The zero-order valence-electron chi connectivity index (χ0n) is 10.7. The number of nitrogens with zero attached hydrogens (tertiary/aromatic N) is 1. The summed E-state index contributed by atoms with van der Waals surface area (Å²) in [5, 5.41) is 3.10. The predicted molar refractivity (Wildman–Crippen MR) is 82.5 cm³/mol. The van der Waals surface area contributed by atoms with Crippen molar-refractivity contribution in [3.05, 3.63) is 51.6 Å². The Balaban J connectivity index is 2.13. The molecular formula is C14H12BrClN2O2. The van der Waals surface area contributed by atoms with Gasteiger partial charge in [0, 0.05) is 16.2 Å². The molecule has 0 unspecified atom stereocenters. The fourth-order valence-electron chi connectivity index (χ4n) is 1.55. The zero-order valence-corrected chi connectivity index (χ0v) is 13.0. The van der Waals surface area contributed by atoms with Crippen molar-refractivity contribution in [2.45, 2.75) is 6.92 Å². The Hall–Kier alpha value is -1.59. The summed E-state index contributed by atoms with van der Waals surface area (Å²) in [5.41, 5.74) is 0.447. The summed E-state index contributed by atoms with van der Waals surface area (Å²) in [7, 11) is 0. The van der Waals surface area contributed by atoms with E-state index in [9.17, 15) is 4.79 Å². The highest BCUT2D eigenvalue weighted by Gasteiger charge is 2.10. The van der Waals surface area contributed by atoms with Crippen LogP contribution in [0.5, 0.6) is 5.75 Å². The first-order chi connectivity index (χ1) is 9.60. The molecule has 0 aliphatic rings. The number of carbonyl (C=O) groups is 1. The fourth-order valence-corrected chi connectivity index (χ4v) is 2.02. The van der Waals surface area contributed by atoms with Crippen LogP contribution in [0.25, 0.3) is 0 Å². The fraction of sp³-hybridized carbons (Fsp3) is 0.143. The Bertz CT molecular complexity index is 617. The minimum Gasteiger partial charge on any atom is -0.492 e. The SMILES string of the molecule is CCOc1ccc(C(=O)Nc2ccc(Br)cn2)cc1Cl. The van der Waals surface area contributed by atoms with E-state index in [0.29, 0.717) is 28.8 Å². The van der Waals surface area contributed by atoms with Gasteiger partial charge in [-0.3, -0.25) is 4.79 Å². The molecule has 2 rings (SSSR count). The van der Waals surface area contributed by atoms with Crippen molar-refractivity contribution in [1.29, 1.82) is 0 Å². The van der Waals surface area contributed by atoms with Crippen LogP contribution in [0.1, 0.15) is 17.3 Å².